The van der Waals surface area contributed by atoms with Gasteiger partial charge in [-0.25, -0.2) is 4.79 Å². The molecule has 1 unspecified atom stereocenters. The molecule has 1 atom stereocenters. The summed E-state index contributed by atoms with van der Waals surface area (Å²) in [5, 5.41) is 12.4. The van der Waals surface area contributed by atoms with Crippen LogP contribution in [0.2, 0.25) is 0 Å². The molecule has 1 aliphatic rings. The molecule has 0 bridgehead atoms. The molecule has 0 aliphatic carbocycles. The molecule has 0 spiro atoms. The minimum atomic E-state index is -1.08. The number of rotatable bonds is 11. The Kier molecular flexibility index (Phi) is 9.08. The molecule has 7 heteroatoms. The summed E-state index contributed by atoms with van der Waals surface area (Å²) in [7, 11) is 0. The Morgan fingerprint density at radius 2 is 1.79 bits per heavy atom. The lowest BCUT2D eigenvalue weighted by molar-refractivity contribution is -0.122. The van der Waals surface area contributed by atoms with Crippen LogP contribution >= 0.6 is 0 Å². The van der Waals surface area contributed by atoms with Crippen LogP contribution in [0, 0.1) is 0 Å². The number of ether oxygens (including phenoxy) is 1. The fourth-order valence-corrected chi connectivity index (χ4v) is 4.37. The van der Waals surface area contributed by atoms with E-state index in [4.69, 9.17) is 4.74 Å². The fourth-order valence-electron chi connectivity index (χ4n) is 4.37. The Labute approximate surface area is 201 Å². The number of benzene rings is 2. The Hall–Kier alpha value is -3.35. The Bertz CT molecular complexity index is 1010. The summed E-state index contributed by atoms with van der Waals surface area (Å²) in [4.78, 5) is 39.2. The number of carboxylic acid groups (broad SMARTS) is 1. The SMILES string of the molecule is CCOc1cc(CC(=O)NC(CC(=O)CC)c2ccccc2N2CCCCC2)ccc1C(=O)O. The van der Waals surface area contributed by atoms with E-state index in [1.165, 1.54) is 12.5 Å². The van der Waals surface area contributed by atoms with Crippen LogP contribution in [0.3, 0.4) is 0 Å². The van der Waals surface area contributed by atoms with E-state index >= 15 is 0 Å². The summed E-state index contributed by atoms with van der Waals surface area (Å²) >= 11 is 0. The molecule has 182 valence electrons. The number of ketones is 1. The zero-order valence-electron chi connectivity index (χ0n) is 20.0. The number of carboxylic acids is 1. The zero-order valence-corrected chi connectivity index (χ0v) is 20.0. The highest BCUT2D eigenvalue weighted by molar-refractivity contribution is 5.91. The number of carbonyl (C=O) groups is 3. The quantitative estimate of drug-likeness (QED) is 0.505. The number of hydrogen-bond acceptors (Lipinski definition) is 5. The number of nitrogens with zero attached hydrogens (tertiary/aromatic N) is 1. The predicted molar refractivity (Wildman–Crippen MR) is 132 cm³/mol. The van der Waals surface area contributed by atoms with E-state index in [0.29, 0.717) is 18.6 Å². The Morgan fingerprint density at radius 3 is 2.47 bits per heavy atom. The molecule has 0 radical (unpaired) electrons. The zero-order chi connectivity index (χ0) is 24.5. The number of anilines is 1. The molecule has 1 amide bonds. The molecule has 34 heavy (non-hydrogen) atoms. The lowest BCUT2D eigenvalue weighted by Gasteiger charge is -2.32. The number of piperidine rings is 1. The number of amides is 1. The van der Waals surface area contributed by atoms with Crippen molar-refractivity contribution in [3.8, 4) is 5.75 Å². The first-order valence-electron chi connectivity index (χ1n) is 12.1. The van der Waals surface area contributed by atoms with Gasteiger partial charge in [-0.2, -0.15) is 0 Å². The van der Waals surface area contributed by atoms with Gasteiger partial charge in [-0.15, -0.1) is 0 Å². The second kappa shape index (κ2) is 12.2. The molecule has 1 saturated heterocycles. The van der Waals surface area contributed by atoms with Gasteiger partial charge in [0.2, 0.25) is 5.91 Å². The van der Waals surface area contributed by atoms with Gasteiger partial charge in [0.15, 0.2) is 0 Å². The summed E-state index contributed by atoms with van der Waals surface area (Å²) in [5.74, 6) is -0.976. The highest BCUT2D eigenvalue weighted by Crippen LogP contribution is 2.31. The largest absolute Gasteiger partial charge is 0.493 e. The summed E-state index contributed by atoms with van der Waals surface area (Å²) in [5.41, 5.74) is 2.74. The maximum absolute atomic E-state index is 13.0. The van der Waals surface area contributed by atoms with Crippen molar-refractivity contribution < 1.29 is 24.2 Å². The number of nitrogens with one attached hydrogen (secondary N) is 1. The monoisotopic (exact) mass is 466 g/mol. The van der Waals surface area contributed by atoms with Gasteiger partial charge in [0, 0.05) is 31.6 Å². The van der Waals surface area contributed by atoms with Crippen molar-refractivity contribution in [1.82, 2.24) is 5.32 Å². The van der Waals surface area contributed by atoms with E-state index in [-0.39, 0.29) is 35.8 Å². The van der Waals surface area contributed by atoms with Crippen LogP contribution in [-0.4, -0.2) is 42.5 Å². The first-order valence-corrected chi connectivity index (χ1v) is 12.1. The van der Waals surface area contributed by atoms with Crippen molar-refractivity contribution >= 4 is 23.3 Å². The third-order valence-electron chi connectivity index (χ3n) is 6.11. The third-order valence-corrected chi connectivity index (χ3v) is 6.11. The smallest absolute Gasteiger partial charge is 0.339 e. The lowest BCUT2D eigenvalue weighted by Crippen LogP contribution is -2.35. The van der Waals surface area contributed by atoms with Crippen molar-refractivity contribution in [1.29, 1.82) is 0 Å². The Balaban J connectivity index is 1.82. The normalized spacial score (nSPS) is 14.4. The molecule has 1 aliphatic heterocycles. The summed E-state index contributed by atoms with van der Waals surface area (Å²) < 4.78 is 5.46. The molecule has 2 aromatic carbocycles. The summed E-state index contributed by atoms with van der Waals surface area (Å²) in [6.45, 7) is 5.87. The van der Waals surface area contributed by atoms with E-state index in [0.717, 1.165) is 37.2 Å². The minimum absolute atomic E-state index is 0.0582. The molecule has 1 heterocycles. The van der Waals surface area contributed by atoms with Crippen LogP contribution < -0.4 is 15.0 Å². The molecule has 7 nitrogen and oxygen atoms in total. The van der Waals surface area contributed by atoms with Crippen LogP contribution in [0.4, 0.5) is 5.69 Å². The average molecular weight is 467 g/mol. The van der Waals surface area contributed by atoms with Crippen LogP contribution in [-0.2, 0) is 16.0 Å². The topological polar surface area (TPSA) is 95.9 Å². The first kappa shape index (κ1) is 25.3. The molecular formula is C27H34N2O5. The highest BCUT2D eigenvalue weighted by Gasteiger charge is 2.24. The van der Waals surface area contributed by atoms with E-state index in [2.05, 4.69) is 16.3 Å². The third kappa shape index (κ3) is 6.59. The second-order valence-corrected chi connectivity index (χ2v) is 8.57. The predicted octanol–water partition coefficient (Wildman–Crippen LogP) is 4.54. The fraction of sp³-hybridized carbons (Fsp3) is 0.444. The van der Waals surface area contributed by atoms with Crippen molar-refractivity contribution in [3.63, 3.8) is 0 Å². The van der Waals surface area contributed by atoms with Crippen LogP contribution in [0.25, 0.3) is 0 Å². The molecule has 3 rings (SSSR count). The highest BCUT2D eigenvalue weighted by atomic mass is 16.5. The van der Waals surface area contributed by atoms with Gasteiger partial charge < -0.3 is 20.1 Å². The van der Waals surface area contributed by atoms with Gasteiger partial charge in [-0.3, -0.25) is 9.59 Å². The molecular weight excluding hydrogens is 432 g/mol. The van der Waals surface area contributed by atoms with E-state index in [1.807, 2.05) is 25.1 Å². The van der Waals surface area contributed by atoms with Gasteiger partial charge >= 0.3 is 5.97 Å². The van der Waals surface area contributed by atoms with E-state index in [9.17, 15) is 19.5 Å². The average Bonchev–Trinajstić information content (AvgIpc) is 2.84. The molecule has 2 N–H and O–H groups in total. The van der Waals surface area contributed by atoms with Gasteiger partial charge in [0.25, 0.3) is 0 Å². The number of Topliss-reactive ketones (excluding diaryl/α,β-unsaturated/α-hetero) is 1. The minimum Gasteiger partial charge on any atom is -0.493 e. The van der Waals surface area contributed by atoms with Gasteiger partial charge in [0.1, 0.15) is 17.1 Å². The molecule has 0 saturated carbocycles. The van der Waals surface area contributed by atoms with Gasteiger partial charge in [0.05, 0.1) is 19.1 Å². The molecule has 0 aromatic heterocycles. The van der Waals surface area contributed by atoms with Crippen LogP contribution in [0.15, 0.2) is 42.5 Å². The van der Waals surface area contributed by atoms with Crippen molar-refractivity contribution in [2.75, 3.05) is 24.6 Å². The lowest BCUT2D eigenvalue weighted by atomic mass is 9.96. The van der Waals surface area contributed by atoms with E-state index in [1.54, 1.807) is 19.1 Å². The van der Waals surface area contributed by atoms with Crippen molar-refractivity contribution in [3.05, 3.63) is 59.2 Å². The van der Waals surface area contributed by atoms with Gasteiger partial charge in [-0.1, -0.05) is 31.2 Å². The van der Waals surface area contributed by atoms with Crippen LogP contribution in [0.1, 0.15) is 73.5 Å². The van der Waals surface area contributed by atoms with Crippen molar-refractivity contribution in [2.24, 2.45) is 0 Å². The van der Waals surface area contributed by atoms with Crippen LogP contribution in [0.5, 0.6) is 5.75 Å². The number of aromatic carboxylic acids is 1. The molecule has 2 aromatic rings. The molecule has 1 fully saturated rings. The number of carbonyl (C=O) groups excluding carboxylic acids is 2. The first-order chi connectivity index (χ1) is 16.4. The Morgan fingerprint density at radius 1 is 1.06 bits per heavy atom. The maximum atomic E-state index is 13.0. The van der Waals surface area contributed by atoms with E-state index < -0.39 is 12.0 Å². The maximum Gasteiger partial charge on any atom is 0.339 e. The van der Waals surface area contributed by atoms with Gasteiger partial charge in [-0.05, 0) is 55.5 Å². The summed E-state index contributed by atoms with van der Waals surface area (Å²) in [6, 6.07) is 12.2. The standard InChI is InChI=1S/C27H34N2O5/c1-3-20(30)18-23(21-10-6-7-11-24(21)29-14-8-5-9-15-29)28-26(31)17-19-12-13-22(27(32)33)25(16-19)34-4-2/h6-7,10-13,16,23H,3-5,8-9,14-15,17-18H2,1-2H3,(H,28,31)(H,32,33). The number of hydrogen-bond donors (Lipinski definition) is 2. The summed E-state index contributed by atoms with van der Waals surface area (Å²) in [6.07, 6.45) is 4.18. The second-order valence-electron chi connectivity index (χ2n) is 8.57. The number of para-hydroxylation sites is 1. The van der Waals surface area contributed by atoms with Crippen molar-refractivity contribution in [2.45, 2.75) is 58.4 Å².